The fourth-order valence-corrected chi connectivity index (χ4v) is 4.66. The van der Waals surface area contributed by atoms with Crippen LogP contribution in [0.5, 0.6) is 5.75 Å². The summed E-state index contributed by atoms with van der Waals surface area (Å²) in [5.41, 5.74) is -0.104. The van der Waals surface area contributed by atoms with Crippen molar-refractivity contribution in [2.45, 2.75) is 71.3 Å². The Kier molecular flexibility index (Phi) is 6.50. The fourth-order valence-electron chi connectivity index (χ4n) is 4.20. The van der Waals surface area contributed by atoms with E-state index < -0.39 is 40.9 Å². The molecule has 5 nitrogen and oxygen atoms in total. The summed E-state index contributed by atoms with van der Waals surface area (Å²) in [4.78, 5) is 24.9. The Bertz CT molecular complexity index is 1120. The number of rotatable bonds is 4. The third-order valence-electron chi connectivity index (χ3n) is 6.11. The van der Waals surface area contributed by atoms with Gasteiger partial charge < -0.3 is 15.2 Å². The zero-order chi connectivity index (χ0) is 24.9. The van der Waals surface area contributed by atoms with Crippen molar-refractivity contribution in [1.82, 2.24) is 0 Å². The number of anilines is 1. The Labute approximate surface area is 197 Å². The number of esters is 1. The van der Waals surface area contributed by atoms with Crippen LogP contribution in [0.15, 0.2) is 18.2 Å². The van der Waals surface area contributed by atoms with Crippen LogP contribution in [0.1, 0.15) is 86.2 Å². The number of phenolic OH excluding ortho intramolecular Hbond substituents is 1. The van der Waals surface area contributed by atoms with Gasteiger partial charge >= 0.3 is 5.97 Å². The van der Waals surface area contributed by atoms with E-state index in [0.717, 1.165) is 36.1 Å². The van der Waals surface area contributed by atoms with Crippen molar-refractivity contribution in [1.29, 1.82) is 0 Å². The number of carbonyl (C=O) groups excluding carboxylic acids is 2. The van der Waals surface area contributed by atoms with Crippen LogP contribution in [0, 0.1) is 11.6 Å². The van der Waals surface area contributed by atoms with Gasteiger partial charge in [-0.15, -0.1) is 0 Å². The number of phenols is 1. The second-order valence-corrected chi connectivity index (χ2v) is 10.4. The van der Waals surface area contributed by atoms with Gasteiger partial charge in [0.2, 0.25) is 0 Å². The number of carbonyl (C=O) groups is 2. The van der Waals surface area contributed by atoms with Crippen LogP contribution in [0.2, 0.25) is 5.02 Å². The molecule has 0 heterocycles. The first kappa shape index (κ1) is 25.0. The van der Waals surface area contributed by atoms with Crippen LogP contribution in [-0.2, 0) is 15.6 Å². The van der Waals surface area contributed by atoms with Gasteiger partial charge in [-0.3, -0.25) is 4.79 Å². The largest absolute Gasteiger partial charge is 0.506 e. The van der Waals surface area contributed by atoms with E-state index in [1.807, 2.05) is 27.7 Å². The third kappa shape index (κ3) is 4.69. The maximum atomic E-state index is 14.5. The molecule has 1 aliphatic rings. The van der Waals surface area contributed by atoms with Crippen molar-refractivity contribution in [2.75, 3.05) is 5.32 Å². The molecule has 1 aliphatic carbocycles. The molecule has 0 spiro atoms. The molecule has 2 aromatic carbocycles. The summed E-state index contributed by atoms with van der Waals surface area (Å²) < 4.78 is 33.8. The number of nitrogens with one attached hydrogen (secondary N) is 1. The molecule has 0 bridgehead atoms. The van der Waals surface area contributed by atoms with Gasteiger partial charge in [0.25, 0.3) is 5.91 Å². The Hall–Kier alpha value is -2.67. The number of hydrogen-bond acceptors (Lipinski definition) is 4. The van der Waals surface area contributed by atoms with Crippen molar-refractivity contribution in [2.24, 2.45) is 0 Å². The lowest BCUT2D eigenvalue weighted by Crippen LogP contribution is -2.34. The minimum absolute atomic E-state index is 0.0968. The summed E-state index contributed by atoms with van der Waals surface area (Å²) in [6, 6.07) is 3.23. The number of benzene rings is 2. The van der Waals surface area contributed by atoms with E-state index >= 15 is 0 Å². The van der Waals surface area contributed by atoms with Gasteiger partial charge in [-0.25, -0.2) is 13.6 Å². The Morgan fingerprint density at radius 2 is 1.61 bits per heavy atom. The van der Waals surface area contributed by atoms with Crippen LogP contribution in [0.3, 0.4) is 0 Å². The summed E-state index contributed by atoms with van der Waals surface area (Å²) in [5.74, 6) is -4.66. The third-order valence-corrected chi connectivity index (χ3v) is 6.48. The lowest BCUT2D eigenvalue weighted by Gasteiger charge is -2.42. The first-order valence-electron chi connectivity index (χ1n) is 10.7. The number of fused-ring (bicyclic) bond motifs is 1. The molecule has 0 radical (unpaired) electrons. The molecular weight excluding hydrogens is 452 g/mol. The number of halogens is 3. The van der Waals surface area contributed by atoms with Gasteiger partial charge in [-0.05, 0) is 66.8 Å². The highest BCUT2D eigenvalue weighted by atomic mass is 35.5. The monoisotopic (exact) mass is 479 g/mol. The molecule has 0 atom stereocenters. The second-order valence-electron chi connectivity index (χ2n) is 10.0. The highest BCUT2D eigenvalue weighted by molar-refractivity contribution is 6.34. The SMILES string of the molecule is CC(C)OC(=O)c1c(F)cc(NC(=O)c2cc3c(c(Cl)c2O)C(C)(C)CCC3(C)C)cc1F. The quantitative estimate of drug-likeness (QED) is 0.491. The van der Waals surface area contributed by atoms with E-state index in [9.17, 15) is 23.5 Å². The molecular formula is C25H28ClF2NO4. The standard InChI is InChI=1S/C25H28ClF2NO4/c1-12(2)33-23(32)18-16(27)9-13(10-17(18)28)29-22(31)14-11-15-19(20(26)21(14)30)25(5,6)8-7-24(15,3)4/h9-12,30H,7-8H2,1-6H3,(H,29,31). The van der Waals surface area contributed by atoms with Crippen LogP contribution in [-0.4, -0.2) is 23.1 Å². The number of amides is 1. The molecule has 0 saturated carbocycles. The summed E-state index contributed by atoms with van der Waals surface area (Å²) in [5, 5.41) is 13.2. The van der Waals surface area contributed by atoms with Crippen LogP contribution < -0.4 is 5.32 Å². The summed E-state index contributed by atoms with van der Waals surface area (Å²) in [6.07, 6.45) is 1.17. The zero-order valence-electron chi connectivity index (χ0n) is 19.5. The molecule has 0 aliphatic heterocycles. The molecule has 33 heavy (non-hydrogen) atoms. The molecule has 3 rings (SSSR count). The Balaban J connectivity index is 1.99. The van der Waals surface area contributed by atoms with Gasteiger partial charge in [-0.1, -0.05) is 39.3 Å². The molecule has 2 N–H and O–H groups in total. The Morgan fingerprint density at radius 1 is 1.06 bits per heavy atom. The highest BCUT2D eigenvalue weighted by Gasteiger charge is 2.40. The van der Waals surface area contributed by atoms with Crippen molar-refractivity contribution in [3.05, 3.63) is 57.1 Å². The smallest absolute Gasteiger partial charge is 0.344 e. The summed E-state index contributed by atoms with van der Waals surface area (Å²) in [6.45, 7) is 11.3. The van der Waals surface area contributed by atoms with Crippen LogP contribution >= 0.6 is 11.6 Å². The lowest BCUT2D eigenvalue weighted by atomic mass is 9.63. The zero-order valence-corrected chi connectivity index (χ0v) is 20.3. The number of ether oxygens (including phenoxy) is 1. The summed E-state index contributed by atoms with van der Waals surface area (Å²) >= 11 is 6.52. The van der Waals surface area contributed by atoms with Crippen molar-refractivity contribution >= 4 is 29.2 Å². The van der Waals surface area contributed by atoms with E-state index in [4.69, 9.17) is 16.3 Å². The average molecular weight is 480 g/mol. The Morgan fingerprint density at radius 3 is 2.15 bits per heavy atom. The van der Waals surface area contributed by atoms with Gasteiger partial charge in [0.15, 0.2) is 0 Å². The molecule has 0 aromatic heterocycles. The first-order chi connectivity index (χ1) is 15.2. The van der Waals surface area contributed by atoms with E-state index in [1.165, 1.54) is 0 Å². The van der Waals surface area contributed by atoms with Gasteiger partial charge in [0, 0.05) is 5.69 Å². The number of hydrogen-bond donors (Lipinski definition) is 2. The minimum Gasteiger partial charge on any atom is -0.506 e. The number of aromatic hydroxyl groups is 1. The van der Waals surface area contributed by atoms with Crippen molar-refractivity contribution in [3.8, 4) is 5.75 Å². The summed E-state index contributed by atoms with van der Waals surface area (Å²) in [7, 11) is 0. The molecule has 2 aromatic rings. The average Bonchev–Trinajstić information content (AvgIpc) is 2.66. The van der Waals surface area contributed by atoms with E-state index in [2.05, 4.69) is 5.32 Å². The maximum Gasteiger partial charge on any atom is 0.344 e. The van der Waals surface area contributed by atoms with E-state index in [-0.39, 0.29) is 27.1 Å². The molecule has 0 unspecified atom stereocenters. The lowest BCUT2D eigenvalue weighted by molar-refractivity contribution is 0.0367. The van der Waals surface area contributed by atoms with Crippen LogP contribution in [0.25, 0.3) is 0 Å². The van der Waals surface area contributed by atoms with Gasteiger partial charge in [0.05, 0.1) is 16.7 Å². The van der Waals surface area contributed by atoms with Crippen LogP contribution in [0.4, 0.5) is 14.5 Å². The maximum absolute atomic E-state index is 14.5. The second kappa shape index (κ2) is 8.60. The molecule has 178 valence electrons. The van der Waals surface area contributed by atoms with Gasteiger partial charge in [0.1, 0.15) is 22.9 Å². The minimum atomic E-state index is -1.17. The molecule has 0 saturated heterocycles. The molecule has 1 amide bonds. The predicted molar refractivity (Wildman–Crippen MR) is 123 cm³/mol. The fraction of sp³-hybridized carbons (Fsp3) is 0.440. The molecule has 0 fully saturated rings. The van der Waals surface area contributed by atoms with Crippen molar-refractivity contribution in [3.63, 3.8) is 0 Å². The van der Waals surface area contributed by atoms with E-state index in [1.54, 1.807) is 19.9 Å². The van der Waals surface area contributed by atoms with Gasteiger partial charge in [-0.2, -0.15) is 0 Å². The topological polar surface area (TPSA) is 75.6 Å². The predicted octanol–water partition coefficient (Wildman–Crippen LogP) is 6.49. The normalized spacial score (nSPS) is 16.3. The first-order valence-corrected chi connectivity index (χ1v) is 11.1. The molecule has 8 heteroatoms. The highest BCUT2D eigenvalue weighted by Crippen LogP contribution is 2.51. The van der Waals surface area contributed by atoms with E-state index in [0.29, 0.717) is 0 Å². The van der Waals surface area contributed by atoms with Crippen molar-refractivity contribution < 1.29 is 28.2 Å².